The Bertz CT molecular complexity index is 813. The maximum absolute atomic E-state index is 11.8. The number of amides is 1. The summed E-state index contributed by atoms with van der Waals surface area (Å²) in [6.07, 6.45) is 1.21. The average molecular weight is 362 g/mol. The van der Waals surface area contributed by atoms with Gasteiger partial charge >= 0.3 is 0 Å². The molecule has 0 aliphatic rings. The first-order valence-electron chi connectivity index (χ1n) is 7.33. The number of nitrogens with zero attached hydrogens (tertiary/aromatic N) is 2. The standard InChI is InChI=1S/C17H16ClN3O4/c1-11-7-14(8-12(2)17(11)18)25-10-16(22)20-19-9-13-5-3-4-6-15(13)21(23)24/h3-9H,10H2,1-2H3,(H,20,22)/b19-9-. The van der Waals surface area contributed by atoms with Gasteiger partial charge < -0.3 is 4.74 Å². The minimum Gasteiger partial charge on any atom is -0.484 e. The molecule has 0 aliphatic carbocycles. The molecule has 0 saturated carbocycles. The quantitative estimate of drug-likeness (QED) is 0.484. The summed E-state index contributed by atoms with van der Waals surface area (Å²) in [5.41, 5.74) is 4.17. The SMILES string of the molecule is Cc1cc(OCC(=O)N/N=C\c2ccccc2[N+](=O)[O-])cc(C)c1Cl. The monoisotopic (exact) mass is 361 g/mol. The van der Waals surface area contributed by atoms with Gasteiger partial charge in [0.25, 0.3) is 11.6 Å². The molecule has 0 radical (unpaired) electrons. The van der Waals surface area contributed by atoms with E-state index in [1.807, 2.05) is 13.8 Å². The van der Waals surface area contributed by atoms with E-state index in [-0.39, 0.29) is 17.9 Å². The van der Waals surface area contributed by atoms with Crippen molar-refractivity contribution in [1.82, 2.24) is 5.43 Å². The van der Waals surface area contributed by atoms with Gasteiger partial charge in [0.1, 0.15) is 5.75 Å². The summed E-state index contributed by atoms with van der Waals surface area (Å²) < 4.78 is 5.40. The molecule has 0 bridgehead atoms. The van der Waals surface area contributed by atoms with E-state index < -0.39 is 10.8 Å². The maximum atomic E-state index is 11.8. The van der Waals surface area contributed by atoms with Crippen molar-refractivity contribution in [3.05, 3.63) is 68.2 Å². The van der Waals surface area contributed by atoms with Gasteiger partial charge in [-0.05, 0) is 43.2 Å². The van der Waals surface area contributed by atoms with Crippen molar-refractivity contribution in [3.63, 3.8) is 0 Å². The molecular formula is C17H16ClN3O4. The predicted octanol–water partition coefficient (Wildman–Crippen LogP) is 3.39. The Morgan fingerprint density at radius 1 is 1.32 bits per heavy atom. The lowest BCUT2D eigenvalue weighted by Gasteiger charge is -2.09. The molecule has 0 heterocycles. The van der Waals surface area contributed by atoms with Crippen LogP contribution in [0.4, 0.5) is 5.69 Å². The van der Waals surface area contributed by atoms with E-state index in [9.17, 15) is 14.9 Å². The van der Waals surface area contributed by atoms with Crippen molar-refractivity contribution in [3.8, 4) is 5.75 Å². The van der Waals surface area contributed by atoms with Crippen LogP contribution in [0.1, 0.15) is 16.7 Å². The molecule has 0 spiro atoms. The fourth-order valence-electron chi connectivity index (χ4n) is 2.11. The summed E-state index contributed by atoms with van der Waals surface area (Å²) in [5.74, 6) is 0.0392. The van der Waals surface area contributed by atoms with Gasteiger partial charge in [-0.1, -0.05) is 23.7 Å². The zero-order valence-electron chi connectivity index (χ0n) is 13.7. The Morgan fingerprint density at radius 2 is 1.96 bits per heavy atom. The first-order valence-corrected chi connectivity index (χ1v) is 7.71. The first-order chi connectivity index (χ1) is 11.9. The summed E-state index contributed by atoms with van der Waals surface area (Å²) in [6, 6.07) is 9.56. The molecule has 0 fully saturated rings. The van der Waals surface area contributed by atoms with Crippen molar-refractivity contribution in [2.45, 2.75) is 13.8 Å². The van der Waals surface area contributed by atoms with Gasteiger partial charge in [-0.15, -0.1) is 0 Å². The largest absolute Gasteiger partial charge is 0.484 e. The van der Waals surface area contributed by atoms with Gasteiger partial charge in [0.15, 0.2) is 6.61 Å². The van der Waals surface area contributed by atoms with E-state index in [0.717, 1.165) is 11.1 Å². The highest BCUT2D eigenvalue weighted by molar-refractivity contribution is 6.32. The number of carbonyl (C=O) groups is 1. The molecule has 25 heavy (non-hydrogen) atoms. The Hall–Kier alpha value is -2.93. The molecule has 0 atom stereocenters. The lowest BCUT2D eigenvalue weighted by atomic mass is 10.1. The van der Waals surface area contributed by atoms with E-state index in [1.165, 1.54) is 18.3 Å². The third-order valence-electron chi connectivity index (χ3n) is 3.31. The fourth-order valence-corrected chi connectivity index (χ4v) is 2.22. The number of aryl methyl sites for hydroxylation is 2. The normalized spacial score (nSPS) is 10.7. The third kappa shape index (κ3) is 5.02. The molecule has 0 aliphatic heterocycles. The van der Waals surface area contributed by atoms with Crippen molar-refractivity contribution in [2.24, 2.45) is 5.10 Å². The van der Waals surface area contributed by atoms with Crippen LogP contribution >= 0.6 is 11.6 Å². The zero-order valence-corrected chi connectivity index (χ0v) is 14.4. The number of halogens is 1. The molecule has 2 aromatic carbocycles. The van der Waals surface area contributed by atoms with Crippen LogP contribution in [0.2, 0.25) is 5.02 Å². The van der Waals surface area contributed by atoms with Crippen molar-refractivity contribution in [2.75, 3.05) is 6.61 Å². The highest BCUT2D eigenvalue weighted by Crippen LogP contribution is 2.25. The number of hydrogen-bond acceptors (Lipinski definition) is 5. The van der Waals surface area contributed by atoms with E-state index >= 15 is 0 Å². The van der Waals surface area contributed by atoms with Crippen LogP contribution in [-0.2, 0) is 4.79 Å². The zero-order chi connectivity index (χ0) is 18.4. The minimum atomic E-state index is -0.516. The van der Waals surface area contributed by atoms with Crippen molar-refractivity contribution >= 4 is 29.4 Å². The summed E-state index contributed by atoms with van der Waals surface area (Å²) in [4.78, 5) is 22.1. The number of nitro groups is 1. The second-order valence-corrected chi connectivity index (χ2v) is 5.65. The minimum absolute atomic E-state index is 0.0936. The number of hydrazone groups is 1. The Kier molecular flexibility index (Phi) is 6.08. The van der Waals surface area contributed by atoms with Crippen molar-refractivity contribution < 1.29 is 14.5 Å². The molecule has 2 aromatic rings. The maximum Gasteiger partial charge on any atom is 0.278 e. The smallest absolute Gasteiger partial charge is 0.278 e. The molecule has 1 N–H and O–H groups in total. The van der Waals surface area contributed by atoms with Crippen LogP contribution < -0.4 is 10.2 Å². The topological polar surface area (TPSA) is 93.8 Å². The van der Waals surface area contributed by atoms with Crippen LogP contribution in [0.25, 0.3) is 0 Å². The molecule has 8 heteroatoms. The number of hydrogen-bond donors (Lipinski definition) is 1. The number of nitrogens with one attached hydrogen (secondary N) is 1. The number of nitro benzene ring substituents is 1. The number of ether oxygens (including phenoxy) is 1. The van der Waals surface area contributed by atoms with Gasteiger partial charge in [-0.2, -0.15) is 5.10 Å². The van der Waals surface area contributed by atoms with E-state index in [4.69, 9.17) is 16.3 Å². The van der Waals surface area contributed by atoms with E-state index in [0.29, 0.717) is 10.8 Å². The number of rotatable bonds is 6. The Balaban J connectivity index is 1.92. The molecule has 0 aromatic heterocycles. The Labute approximate surface area is 149 Å². The van der Waals surface area contributed by atoms with E-state index in [1.54, 1.807) is 24.3 Å². The van der Waals surface area contributed by atoms with Crippen LogP contribution in [0.3, 0.4) is 0 Å². The van der Waals surface area contributed by atoms with Gasteiger partial charge in [-0.3, -0.25) is 14.9 Å². The average Bonchev–Trinajstić information content (AvgIpc) is 2.58. The lowest BCUT2D eigenvalue weighted by Crippen LogP contribution is -2.24. The molecule has 0 unspecified atom stereocenters. The second-order valence-electron chi connectivity index (χ2n) is 5.27. The summed E-state index contributed by atoms with van der Waals surface area (Å²) >= 11 is 6.07. The van der Waals surface area contributed by atoms with Gasteiger partial charge in [0.2, 0.25) is 0 Å². The highest BCUT2D eigenvalue weighted by atomic mass is 35.5. The first kappa shape index (κ1) is 18.4. The summed E-state index contributed by atoms with van der Waals surface area (Å²) in [7, 11) is 0. The van der Waals surface area contributed by atoms with Gasteiger partial charge in [0, 0.05) is 11.1 Å². The molecule has 130 valence electrons. The van der Waals surface area contributed by atoms with Gasteiger partial charge in [-0.25, -0.2) is 5.43 Å². The van der Waals surface area contributed by atoms with Crippen LogP contribution in [0, 0.1) is 24.0 Å². The summed E-state index contributed by atoms with van der Waals surface area (Å²) in [6.45, 7) is 3.45. The number of carbonyl (C=O) groups excluding carboxylic acids is 1. The predicted molar refractivity (Wildman–Crippen MR) is 95.3 cm³/mol. The van der Waals surface area contributed by atoms with Crippen molar-refractivity contribution in [1.29, 1.82) is 0 Å². The van der Waals surface area contributed by atoms with Crippen LogP contribution in [0.5, 0.6) is 5.75 Å². The van der Waals surface area contributed by atoms with Gasteiger partial charge in [0.05, 0.1) is 16.7 Å². The third-order valence-corrected chi connectivity index (χ3v) is 3.90. The number of para-hydroxylation sites is 1. The second kappa shape index (κ2) is 8.25. The molecule has 0 saturated heterocycles. The van der Waals surface area contributed by atoms with Crippen LogP contribution in [-0.4, -0.2) is 23.7 Å². The van der Waals surface area contributed by atoms with Crippen LogP contribution in [0.15, 0.2) is 41.5 Å². The number of benzene rings is 2. The molecule has 7 nitrogen and oxygen atoms in total. The Morgan fingerprint density at radius 3 is 2.60 bits per heavy atom. The van der Waals surface area contributed by atoms with E-state index in [2.05, 4.69) is 10.5 Å². The molecule has 2 rings (SSSR count). The highest BCUT2D eigenvalue weighted by Gasteiger charge is 2.10. The molecular weight excluding hydrogens is 346 g/mol. The summed E-state index contributed by atoms with van der Waals surface area (Å²) in [5, 5.41) is 15.3. The lowest BCUT2D eigenvalue weighted by molar-refractivity contribution is -0.385. The fraction of sp³-hybridized carbons (Fsp3) is 0.176. The molecule has 1 amide bonds.